The molecule has 1 rings (SSSR count). The zero-order valence-corrected chi connectivity index (χ0v) is 17.9. The number of aldehydes is 1. The van der Waals surface area contributed by atoms with Gasteiger partial charge in [-0.05, 0) is 54.4 Å². The fraction of sp³-hybridized carbons (Fsp3) is 0.737. The molecule has 0 bridgehead atoms. The van der Waals surface area contributed by atoms with Crippen LogP contribution in [0.25, 0.3) is 0 Å². The van der Waals surface area contributed by atoms with Crippen LogP contribution < -0.4 is 11.1 Å². The summed E-state index contributed by atoms with van der Waals surface area (Å²) < 4.78 is 14.3. The summed E-state index contributed by atoms with van der Waals surface area (Å²) in [5, 5.41) is 2.30. The van der Waals surface area contributed by atoms with Crippen LogP contribution in [0.3, 0.4) is 0 Å². The zero-order valence-electron chi connectivity index (χ0n) is 17.9. The first kappa shape index (κ1) is 26.5. The standard InChI is InChI=1S/C10H15NO5.C9H17NO3/c1-10(2,3)16-7(12)5-4-6-8(13)15-9(14)11-6;1-9(2,3)13-8(12)5-4-7(10)6-11/h6H,4-5H2,1-3H3,(H,11,14);6-7H,4-5,10H2,1-3H3/t6-;7-/m11/s1. The Morgan fingerprint density at radius 3 is 1.93 bits per heavy atom. The highest BCUT2D eigenvalue weighted by atomic mass is 16.6. The highest BCUT2D eigenvalue weighted by Gasteiger charge is 2.32. The lowest BCUT2D eigenvalue weighted by Gasteiger charge is -2.19. The molecular formula is C19H32N2O8. The lowest BCUT2D eigenvalue weighted by molar-refractivity contribution is -0.156. The fourth-order valence-corrected chi connectivity index (χ4v) is 1.98. The maximum absolute atomic E-state index is 11.3. The van der Waals surface area contributed by atoms with Gasteiger partial charge in [0.1, 0.15) is 23.5 Å². The van der Waals surface area contributed by atoms with E-state index in [1.807, 2.05) is 0 Å². The van der Waals surface area contributed by atoms with Crippen molar-refractivity contribution in [1.29, 1.82) is 0 Å². The van der Waals surface area contributed by atoms with Crippen LogP contribution in [0.15, 0.2) is 0 Å². The van der Waals surface area contributed by atoms with Gasteiger partial charge in [-0.25, -0.2) is 9.59 Å². The van der Waals surface area contributed by atoms with E-state index in [9.17, 15) is 24.0 Å². The van der Waals surface area contributed by atoms with E-state index in [0.29, 0.717) is 12.7 Å². The van der Waals surface area contributed by atoms with Gasteiger partial charge in [-0.15, -0.1) is 0 Å². The Balaban J connectivity index is 0.000000555. The molecule has 1 heterocycles. The largest absolute Gasteiger partial charge is 0.460 e. The van der Waals surface area contributed by atoms with Crippen LogP contribution >= 0.6 is 0 Å². The molecule has 166 valence electrons. The molecule has 1 aliphatic rings. The predicted molar refractivity (Wildman–Crippen MR) is 103 cm³/mol. The minimum Gasteiger partial charge on any atom is -0.460 e. The Morgan fingerprint density at radius 2 is 1.55 bits per heavy atom. The van der Waals surface area contributed by atoms with Crippen LogP contribution in [0.4, 0.5) is 4.79 Å². The van der Waals surface area contributed by atoms with Crippen molar-refractivity contribution in [2.75, 3.05) is 0 Å². The quantitative estimate of drug-likeness (QED) is 0.271. The van der Waals surface area contributed by atoms with Crippen molar-refractivity contribution in [2.45, 2.75) is 90.5 Å². The summed E-state index contributed by atoms with van der Waals surface area (Å²) in [5.41, 5.74) is 4.29. The lowest BCUT2D eigenvalue weighted by atomic mass is 10.1. The molecule has 1 aliphatic heterocycles. The molecule has 0 spiro atoms. The van der Waals surface area contributed by atoms with Gasteiger partial charge in [-0.3, -0.25) is 9.59 Å². The summed E-state index contributed by atoms with van der Waals surface area (Å²) in [5.74, 6) is -1.36. The Morgan fingerprint density at radius 1 is 1.07 bits per heavy atom. The first-order valence-corrected chi connectivity index (χ1v) is 9.29. The molecule has 0 aliphatic carbocycles. The number of hydrogen-bond acceptors (Lipinski definition) is 9. The Labute approximate surface area is 170 Å². The molecule has 0 aromatic heterocycles. The summed E-state index contributed by atoms with van der Waals surface area (Å²) in [6.07, 6.45) is 0.663. The molecule has 1 amide bonds. The monoisotopic (exact) mass is 416 g/mol. The number of hydrogen-bond donors (Lipinski definition) is 2. The van der Waals surface area contributed by atoms with Gasteiger partial charge >= 0.3 is 24.0 Å². The molecule has 0 aromatic carbocycles. The van der Waals surface area contributed by atoms with Crippen molar-refractivity contribution in [2.24, 2.45) is 5.73 Å². The van der Waals surface area contributed by atoms with Gasteiger partial charge in [0.25, 0.3) is 0 Å². The summed E-state index contributed by atoms with van der Waals surface area (Å²) >= 11 is 0. The van der Waals surface area contributed by atoms with Crippen molar-refractivity contribution < 1.29 is 38.2 Å². The Hall–Kier alpha value is -2.49. The number of nitrogens with two attached hydrogens (primary N) is 1. The maximum atomic E-state index is 11.3. The molecule has 1 fully saturated rings. The van der Waals surface area contributed by atoms with Crippen LogP contribution in [0.5, 0.6) is 0 Å². The minimum absolute atomic E-state index is 0.0668. The van der Waals surface area contributed by atoms with E-state index in [1.54, 1.807) is 41.5 Å². The second-order valence-corrected chi connectivity index (χ2v) is 8.46. The fourth-order valence-electron chi connectivity index (χ4n) is 1.98. The van der Waals surface area contributed by atoms with E-state index in [0.717, 1.165) is 0 Å². The van der Waals surface area contributed by atoms with Crippen LogP contribution in [0.1, 0.15) is 67.2 Å². The molecule has 0 radical (unpaired) electrons. The number of carbonyl (C=O) groups is 5. The lowest BCUT2D eigenvalue weighted by Crippen LogP contribution is -2.30. The predicted octanol–water partition coefficient (Wildman–Crippen LogP) is 1.38. The van der Waals surface area contributed by atoms with E-state index < -0.39 is 41.3 Å². The van der Waals surface area contributed by atoms with Gasteiger partial charge in [0.05, 0.1) is 6.04 Å². The third-order valence-electron chi connectivity index (χ3n) is 3.10. The van der Waals surface area contributed by atoms with Gasteiger partial charge in [0.2, 0.25) is 0 Å². The molecule has 10 nitrogen and oxygen atoms in total. The van der Waals surface area contributed by atoms with Gasteiger partial charge in [-0.1, -0.05) is 0 Å². The third-order valence-corrected chi connectivity index (χ3v) is 3.10. The van der Waals surface area contributed by atoms with E-state index in [4.69, 9.17) is 15.2 Å². The van der Waals surface area contributed by atoms with Crippen molar-refractivity contribution in [3.8, 4) is 0 Å². The third kappa shape index (κ3) is 14.2. The van der Waals surface area contributed by atoms with E-state index in [1.165, 1.54) is 0 Å². The minimum atomic E-state index is -0.765. The normalized spacial score (nSPS) is 17.3. The van der Waals surface area contributed by atoms with Crippen molar-refractivity contribution in [1.82, 2.24) is 5.32 Å². The molecule has 0 aromatic rings. The summed E-state index contributed by atoms with van der Waals surface area (Å²) in [6, 6.07) is -1.30. The van der Waals surface area contributed by atoms with Crippen LogP contribution in [0, 0.1) is 0 Å². The molecule has 10 heteroatoms. The van der Waals surface area contributed by atoms with Gasteiger partial charge < -0.3 is 30.1 Å². The SMILES string of the molecule is CC(C)(C)OC(=O)CC[C@@H](N)C=O.CC(C)(C)OC(=O)CC[C@H]1NC(=O)OC1=O. The zero-order chi connectivity index (χ0) is 22.8. The maximum Gasteiger partial charge on any atom is 0.415 e. The number of rotatable bonds is 7. The molecule has 1 saturated heterocycles. The van der Waals surface area contributed by atoms with Crippen molar-refractivity contribution >= 4 is 30.3 Å². The van der Waals surface area contributed by atoms with Crippen molar-refractivity contribution in [3.05, 3.63) is 0 Å². The molecule has 3 N–H and O–H groups in total. The molecular weight excluding hydrogens is 384 g/mol. The number of amides is 1. The average molecular weight is 416 g/mol. The molecule has 2 atom stereocenters. The van der Waals surface area contributed by atoms with Gasteiger partial charge in [-0.2, -0.15) is 0 Å². The highest BCUT2D eigenvalue weighted by Crippen LogP contribution is 2.12. The van der Waals surface area contributed by atoms with E-state index >= 15 is 0 Å². The number of carbonyl (C=O) groups excluding carboxylic acids is 5. The molecule has 0 unspecified atom stereocenters. The van der Waals surface area contributed by atoms with Crippen LogP contribution in [-0.2, 0) is 33.4 Å². The van der Waals surface area contributed by atoms with Gasteiger partial charge in [0, 0.05) is 12.8 Å². The second-order valence-electron chi connectivity index (χ2n) is 8.46. The smallest absolute Gasteiger partial charge is 0.415 e. The van der Waals surface area contributed by atoms with E-state index in [2.05, 4.69) is 10.1 Å². The highest BCUT2D eigenvalue weighted by molar-refractivity contribution is 5.95. The van der Waals surface area contributed by atoms with E-state index in [-0.39, 0.29) is 25.2 Å². The van der Waals surface area contributed by atoms with Crippen LogP contribution in [0.2, 0.25) is 0 Å². The number of esters is 3. The van der Waals surface area contributed by atoms with Crippen molar-refractivity contribution in [3.63, 3.8) is 0 Å². The Kier molecular flexibility index (Phi) is 10.5. The number of nitrogens with one attached hydrogen (secondary N) is 1. The first-order chi connectivity index (χ1) is 13.1. The average Bonchev–Trinajstić information content (AvgIpc) is 2.85. The second kappa shape index (κ2) is 11.5. The summed E-state index contributed by atoms with van der Waals surface area (Å²) in [4.78, 5) is 54.2. The number of alkyl carbamates (subject to hydrolysis) is 1. The topological polar surface area (TPSA) is 151 Å². The number of ether oxygens (including phenoxy) is 3. The molecule has 0 saturated carbocycles. The first-order valence-electron chi connectivity index (χ1n) is 9.29. The Bertz CT molecular complexity index is 604. The molecule has 29 heavy (non-hydrogen) atoms. The van der Waals surface area contributed by atoms with Gasteiger partial charge in [0.15, 0.2) is 0 Å². The number of cyclic esters (lactones) is 2. The summed E-state index contributed by atoms with van der Waals surface area (Å²) in [7, 11) is 0. The van der Waals surface area contributed by atoms with Crippen LogP contribution in [-0.4, -0.2) is 53.6 Å². The summed E-state index contributed by atoms with van der Waals surface area (Å²) in [6.45, 7) is 10.7.